The monoisotopic (exact) mass is 459 g/mol. The quantitative estimate of drug-likeness (QED) is 0.631. The molecular formula is C21H22FN5O2S2. The summed E-state index contributed by atoms with van der Waals surface area (Å²) < 4.78 is 13.8. The number of hydrogen-bond acceptors (Lipinski definition) is 7. The van der Waals surface area contributed by atoms with Gasteiger partial charge < -0.3 is 9.80 Å². The zero-order valence-corrected chi connectivity index (χ0v) is 18.6. The molecule has 0 radical (unpaired) electrons. The van der Waals surface area contributed by atoms with Crippen LogP contribution < -0.4 is 10.2 Å². The molecule has 0 atom stereocenters. The SMILES string of the molecule is Cc1csc(N2CCCN(C(=O)Cc3csc(NC(=O)c4ccccc4F)n3)CC2)n1. The lowest BCUT2D eigenvalue weighted by molar-refractivity contribution is -0.130. The molecule has 0 spiro atoms. The molecule has 2 aromatic heterocycles. The molecule has 1 aliphatic rings. The van der Waals surface area contributed by atoms with E-state index in [1.165, 1.54) is 29.5 Å². The van der Waals surface area contributed by atoms with E-state index in [1.54, 1.807) is 22.8 Å². The molecule has 0 unspecified atom stereocenters. The van der Waals surface area contributed by atoms with E-state index >= 15 is 0 Å². The topological polar surface area (TPSA) is 78.4 Å². The smallest absolute Gasteiger partial charge is 0.260 e. The van der Waals surface area contributed by atoms with Crippen molar-refractivity contribution in [2.24, 2.45) is 0 Å². The first-order chi connectivity index (χ1) is 15.0. The molecular weight excluding hydrogens is 437 g/mol. The zero-order valence-electron chi connectivity index (χ0n) is 17.0. The van der Waals surface area contributed by atoms with E-state index < -0.39 is 11.7 Å². The van der Waals surface area contributed by atoms with E-state index in [4.69, 9.17) is 0 Å². The third-order valence-electron chi connectivity index (χ3n) is 4.95. The molecule has 1 fully saturated rings. The second-order valence-electron chi connectivity index (χ2n) is 7.25. The van der Waals surface area contributed by atoms with Gasteiger partial charge in [-0.15, -0.1) is 22.7 Å². The molecule has 1 aliphatic heterocycles. The highest BCUT2D eigenvalue weighted by molar-refractivity contribution is 7.14. The molecule has 0 saturated carbocycles. The zero-order chi connectivity index (χ0) is 21.8. The number of benzene rings is 1. The van der Waals surface area contributed by atoms with E-state index in [-0.39, 0.29) is 17.9 Å². The van der Waals surface area contributed by atoms with E-state index in [0.717, 1.165) is 30.3 Å². The van der Waals surface area contributed by atoms with Crippen LogP contribution in [0.2, 0.25) is 0 Å². The number of rotatable bonds is 5. The van der Waals surface area contributed by atoms with E-state index in [0.29, 0.717) is 23.9 Å². The summed E-state index contributed by atoms with van der Waals surface area (Å²) in [7, 11) is 0. The summed E-state index contributed by atoms with van der Waals surface area (Å²) in [5, 5.41) is 7.73. The van der Waals surface area contributed by atoms with E-state index in [9.17, 15) is 14.0 Å². The van der Waals surface area contributed by atoms with Crippen LogP contribution in [0.5, 0.6) is 0 Å². The third kappa shape index (κ3) is 5.26. The average Bonchev–Trinajstić information content (AvgIpc) is 3.29. The van der Waals surface area contributed by atoms with Crippen molar-refractivity contribution in [3.8, 4) is 0 Å². The maximum atomic E-state index is 13.8. The molecule has 1 saturated heterocycles. The Morgan fingerprint density at radius 3 is 2.71 bits per heavy atom. The van der Waals surface area contributed by atoms with Crippen molar-refractivity contribution in [2.45, 2.75) is 19.8 Å². The van der Waals surface area contributed by atoms with E-state index in [2.05, 4.69) is 20.2 Å². The molecule has 4 rings (SSSR count). The lowest BCUT2D eigenvalue weighted by Crippen LogP contribution is -2.36. The molecule has 31 heavy (non-hydrogen) atoms. The number of nitrogens with one attached hydrogen (secondary N) is 1. The minimum atomic E-state index is -0.588. The van der Waals surface area contributed by atoms with Crippen LogP contribution in [0.4, 0.5) is 14.7 Å². The predicted molar refractivity (Wildman–Crippen MR) is 120 cm³/mol. The number of carbonyl (C=O) groups is 2. The average molecular weight is 460 g/mol. The number of hydrogen-bond donors (Lipinski definition) is 1. The molecule has 0 aliphatic carbocycles. The van der Waals surface area contributed by atoms with Gasteiger partial charge >= 0.3 is 0 Å². The van der Waals surface area contributed by atoms with Gasteiger partial charge in [-0.05, 0) is 25.5 Å². The second kappa shape index (κ2) is 9.52. The molecule has 1 N–H and O–H groups in total. The van der Waals surface area contributed by atoms with Crippen molar-refractivity contribution >= 4 is 44.8 Å². The molecule has 3 heterocycles. The van der Waals surface area contributed by atoms with Crippen molar-refractivity contribution in [3.63, 3.8) is 0 Å². The summed E-state index contributed by atoms with van der Waals surface area (Å²) >= 11 is 2.85. The Labute approximate surface area is 187 Å². The number of amides is 2. The van der Waals surface area contributed by atoms with Crippen LogP contribution in [0.3, 0.4) is 0 Å². The van der Waals surface area contributed by atoms with Crippen LogP contribution in [-0.4, -0.2) is 52.9 Å². The molecule has 10 heteroatoms. The summed E-state index contributed by atoms with van der Waals surface area (Å²) in [6.07, 6.45) is 1.05. The maximum Gasteiger partial charge on any atom is 0.260 e. The molecule has 1 aromatic carbocycles. The largest absolute Gasteiger partial charge is 0.346 e. The van der Waals surface area contributed by atoms with Gasteiger partial charge in [0.1, 0.15) is 5.82 Å². The van der Waals surface area contributed by atoms with Crippen LogP contribution in [0, 0.1) is 12.7 Å². The minimum absolute atomic E-state index is 0.00875. The number of aromatic nitrogens is 2. The predicted octanol–water partition coefficient (Wildman–Crippen LogP) is 3.58. The number of anilines is 2. The first-order valence-electron chi connectivity index (χ1n) is 9.95. The number of aryl methyl sites for hydroxylation is 1. The number of thiazole rings is 2. The fraction of sp³-hybridized carbons (Fsp3) is 0.333. The molecule has 0 bridgehead atoms. The Kier molecular flexibility index (Phi) is 6.57. The van der Waals surface area contributed by atoms with Gasteiger partial charge in [0.25, 0.3) is 5.91 Å². The van der Waals surface area contributed by atoms with Crippen molar-refractivity contribution < 1.29 is 14.0 Å². The number of carbonyl (C=O) groups excluding carboxylic acids is 2. The van der Waals surface area contributed by atoms with Gasteiger partial charge in [0.15, 0.2) is 10.3 Å². The van der Waals surface area contributed by atoms with Crippen molar-refractivity contribution in [1.82, 2.24) is 14.9 Å². The van der Waals surface area contributed by atoms with Gasteiger partial charge in [0, 0.05) is 36.9 Å². The lowest BCUT2D eigenvalue weighted by atomic mass is 10.2. The maximum absolute atomic E-state index is 13.8. The first-order valence-corrected chi connectivity index (χ1v) is 11.7. The second-order valence-corrected chi connectivity index (χ2v) is 8.94. The van der Waals surface area contributed by atoms with Crippen molar-refractivity contribution in [1.29, 1.82) is 0 Å². The Bertz CT molecular complexity index is 1080. The van der Waals surface area contributed by atoms with Crippen molar-refractivity contribution in [2.75, 3.05) is 36.4 Å². The van der Waals surface area contributed by atoms with Crippen LogP contribution in [0.1, 0.15) is 28.2 Å². The minimum Gasteiger partial charge on any atom is -0.346 e. The molecule has 7 nitrogen and oxygen atoms in total. The molecule has 3 aromatic rings. The highest BCUT2D eigenvalue weighted by Gasteiger charge is 2.22. The molecule has 2 amide bonds. The fourth-order valence-electron chi connectivity index (χ4n) is 3.37. The Hall–Kier alpha value is -2.85. The summed E-state index contributed by atoms with van der Waals surface area (Å²) in [5.74, 6) is -1.14. The number of halogens is 1. The van der Waals surface area contributed by atoms with Crippen LogP contribution >= 0.6 is 22.7 Å². The fourth-order valence-corrected chi connectivity index (χ4v) is 4.93. The third-order valence-corrected chi connectivity index (χ3v) is 6.77. The summed E-state index contributed by atoms with van der Waals surface area (Å²) in [6.45, 7) is 4.94. The Morgan fingerprint density at radius 2 is 1.94 bits per heavy atom. The standard InChI is InChI=1S/C21H22FN5O2S2/c1-14-12-31-21(23-14)27-8-4-7-26(9-10-27)18(28)11-15-13-30-20(24-15)25-19(29)16-5-2-3-6-17(16)22/h2-3,5-6,12-13H,4,7-11H2,1H3,(H,24,25,29). The summed E-state index contributed by atoms with van der Waals surface area (Å²) in [6, 6.07) is 5.78. The van der Waals surface area contributed by atoms with Gasteiger partial charge in [0.2, 0.25) is 5.91 Å². The normalized spacial score (nSPS) is 14.4. The van der Waals surface area contributed by atoms with E-state index in [1.807, 2.05) is 17.2 Å². The van der Waals surface area contributed by atoms with Crippen LogP contribution in [0.15, 0.2) is 35.0 Å². The van der Waals surface area contributed by atoms with Gasteiger partial charge in [-0.3, -0.25) is 14.9 Å². The lowest BCUT2D eigenvalue weighted by Gasteiger charge is -2.21. The van der Waals surface area contributed by atoms with Crippen LogP contribution in [0.25, 0.3) is 0 Å². The Morgan fingerprint density at radius 1 is 1.10 bits per heavy atom. The van der Waals surface area contributed by atoms with Gasteiger partial charge in [-0.25, -0.2) is 14.4 Å². The van der Waals surface area contributed by atoms with Gasteiger partial charge in [-0.1, -0.05) is 12.1 Å². The van der Waals surface area contributed by atoms with Crippen molar-refractivity contribution in [3.05, 3.63) is 57.8 Å². The van der Waals surface area contributed by atoms with Gasteiger partial charge in [-0.2, -0.15) is 0 Å². The van der Waals surface area contributed by atoms with Gasteiger partial charge in [0.05, 0.1) is 23.4 Å². The summed E-state index contributed by atoms with van der Waals surface area (Å²) in [5.41, 5.74) is 1.56. The Balaban J connectivity index is 1.32. The summed E-state index contributed by atoms with van der Waals surface area (Å²) in [4.78, 5) is 38.0. The first kappa shape index (κ1) is 21.4. The highest BCUT2D eigenvalue weighted by atomic mass is 32.1. The molecule has 162 valence electrons. The highest BCUT2D eigenvalue weighted by Crippen LogP contribution is 2.22. The number of nitrogens with zero attached hydrogens (tertiary/aromatic N) is 4. The van der Waals surface area contributed by atoms with Crippen LogP contribution in [-0.2, 0) is 11.2 Å².